The topological polar surface area (TPSA) is 70.2 Å². The largest absolute Gasteiger partial charge is 0.352 e. The zero-order chi connectivity index (χ0) is 18.5. The van der Waals surface area contributed by atoms with E-state index in [9.17, 15) is 18.4 Å². The second-order valence-corrected chi connectivity index (χ2v) is 6.25. The highest BCUT2D eigenvalue weighted by Gasteiger charge is 2.28. The molecule has 1 aliphatic carbocycles. The van der Waals surface area contributed by atoms with Crippen LogP contribution >= 0.6 is 0 Å². The first-order chi connectivity index (χ1) is 12.5. The van der Waals surface area contributed by atoms with Crippen molar-refractivity contribution in [1.29, 1.82) is 0 Å². The number of carbonyl (C=O) groups is 2. The lowest BCUT2D eigenvalue weighted by Crippen LogP contribution is -2.49. The first-order valence-electron chi connectivity index (χ1n) is 8.38. The van der Waals surface area contributed by atoms with E-state index < -0.39 is 23.7 Å². The van der Waals surface area contributed by atoms with Crippen LogP contribution in [0.3, 0.4) is 0 Å². The van der Waals surface area contributed by atoms with Gasteiger partial charge in [-0.25, -0.2) is 13.6 Å². The highest BCUT2D eigenvalue weighted by atomic mass is 19.1. The van der Waals surface area contributed by atoms with E-state index in [2.05, 4.69) is 16.0 Å². The van der Waals surface area contributed by atoms with Crippen molar-refractivity contribution in [2.75, 3.05) is 5.32 Å². The van der Waals surface area contributed by atoms with Crippen LogP contribution < -0.4 is 16.0 Å². The molecule has 0 saturated heterocycles. The van der Waals surface area contributed by atoms with E-state index in [1.165, 1.54) is 0 Å². The van der Waals surface area contributed by atoms with Crippen LogP contribution in [0, 0.1) is 11.6 Å². The Morgan fingerprint density at radius 1 is 1.08 bits per heavy atom. The molecule has 136 valence electrons. The van der Waals surface area contributed by atoms with Gasteiger partial charge in [0.2, 0.25) is 5.91 Å². The molecule has 1 aliphatic rings. The predicted molar refractivity (Wildman–Crippen MR) is 93.6 cm³/mol. The van der Waals surface area contributed by atoms with Gasteiger partial charge in [-0.3, -0.25) is 4.79 Å². The molecular weight excluding hydrogens is 340 g/mol. The smallest absolute Gasteiger partial charge is 0.319 e. The van der Waals surface area contributed by atoms with E-state index in [-0.39, 0.29) is 17.6 Å². The van der Waals surface area contributed by atoms with Crippen molar-refractivity contribution in [3.8, 4) is 0 Å². The number of halogens is 2. The summed E-state index contributed by atoms with van der Waals surface area (Å²) >= 11 is 0. The Hall–Kier alpha value is -2.96. The summed E-state index contributed by atoms with van der Waals surface area (Å²) in [5.41, 5.74) is 0.724. The first-order valence-corrected chi connectivity index (χ1v) is 8.38. The number of carbonyl (C=O) groups excluding carboxylic acids is 2. The van der Waals surface area contributed by atoms with Crippen LogP contribution in [0.2, 0.25) is 0 Å². The van der Waals surface area contributed by atoms with Crippen molar-refractivity contribution < 1.29 is 18.4 Å². The molecule has 1 atom stereocenters. The Kier molecular flexibility index (Phi) is 5.46. The number of hydrogen-bond acceptors (Lipinski definition) is 2. The Bertz CT molecular complexity index is 795. The molecule has 0 heterocycles. The van der Waals surface area contributed by atoms with Crippen LogP contribution in [0.25, 0.3) is 0 Å². The summed E-state index contributed by atoms with van der Waals surface area (Å²) in [4.78, 5) is 24.6. The Labute approximate surface area is 149 Å². The Balaban J connectivity index is 1.67. The van der Waals surface area contributed by atoms with Gasteiger partial charge in [0.15, 0.2) is 0 Å². The summed E-state index contributed by atoms with van der Waals surface area (Å²) in [5, 5.41) is 7.73. The maximum atomic E-state index is 13.7. The molecule has 7 heteroatoms. The fourth-order valence-corrected chi connectivity index (χ4v) is 2.50. The molecule has 26 heavy (non-hydrogen) atoms. The minimum atomic E-state index is -0.887. The molecule has 0 unspecified atom stereocenters. The van der Waals surface area contributed by atoms with E-state index in [0.717, 1.165) is 30.5 Å². The van der Waals surface area contributed by atoms with Gasteiger partial charge in [0.25, 0.3) is 0 Å². The zero-order valence-electron chi connectivity index (χ0n) is 14.0. The minimum absolute atomic E-state index is 0.153. The molecule has 0 spiro atoms. The predicted octanol–water partition coefficient (Wildman–Crippen LogP) is 2.98. The van der Waals surface area contributed by atoms with Crippen LogP contribution in [-0.2, 0) is 11.2 Å². The summed E-state index contributed by atoms with van der Waals surface area (Å²) in [6.07, 6.45) is 2.16. The van der Waals surface area contributed by atoms with Gasteiger partial charge in [-0.2, -0.15) is 0 Å². The molecule has 2 aromatic rings. The molecule has 0 aromatic heterocycles. The average molecular weight is 359 g/mol. The molecule has 0 aliphatic heterocycles. The van der Waals surface area contributed by atoms with Crippen LogP contribution in [0.5, 0.6) is 0 Å². The van der Waals surface area contributed by atoms with E-state index in [4.69, 9.17) is 0 Å². The van der Waals surface area contributed by atoms with Gasteiger partial charge in [-0.1, -0.05) is 30.3 Å². The summed E-state index contributed by atoms with van der Waals surface area (Å²) in [7, 11) is 0. The van der Waals surface area contributed by atoms with E-state index in [0.29, 0.717) is 12.5 Å². The maximum absolute atomic E-state index is 13.7. The van der Waals surface area contributed by atoms with Crippen molar-refractivity contribution in [3.63, 3.8) is 0 Å². The van der Waals surface area contributed by atoms with Crippen LogP contribution in [0.4, 0.5) is 19.3 Å². The van der Waals surface area contributed by atoms with Gasteiger partial charge >= 0.3 is 6.03 Å². The molecule has 2 aromatic carbocycles. The molecular formula is C19H19F2N3O2. The van der Waals surface area contributed by atoms with Crippen molar-refractivity contribution in [3.05, 3.63) is 65.7 Å². The van der Waals surface area contributed by atoms with E-state index >= 15 is 0 Å². The third-order valence-corrected chi connectivity index (χ3v) is 4.01. The number of benzene rings is 2. The number of rotatable bonds is 6. The lowest BCUT2D eigenvalue weighted by molar-refractivity contribution is -0.123. The third kappa shape index (κ3) is 5.02. The van der Waals surface area contributed by atoms with Gasteiger partial charge in [0, 0.05) is 18.5 Å². The monoisotopic (exact) mass is 359 g/mol. The number of nitrogens with one attached hydrogen (secondary N) is 3. The van der Waals surface area contributed by atoms with Gasteiger partial charge < -0.3 is 16.0 Å². The molecule has 3 rings (SSSR count). The van der Waals surface area contributed by atoms with Crippen LogP contribution in [0.1, 0.15) is 18.4 Å². The van der Waals surface area contributed by atoms with Gasteiger partial charge in [0.1, 0.15) is 17.7 Å². The molecule has 5 nitrogen and oxygen atoms in total. The number of hydrogen-bond donors (Lipinski definition) is 3. The van der Waals surface area contributed by atoms with Crippen molar-refractivity contribution in [2.45, 2.75) is 31.3 Å². The lowest BCUT2D eigenvalue weighted by Gasteiger charge is -2.19. The summed E-state index contributed by atoms with van der Waals surface area (Å²) in [5.74, 6) is -1.91. The summed E-state index contributed by atoms with van der Waals surface area (Å²) in [6.45, 7) is 0. The fraction of sp³-hybridized carbons (Fsp3) is 0.263. The maximum Gasteiger partial charge on any atom is 0.319 e. The normalized spacial score (nSPS) is 14.4. The number of urea groups is 1. The SMILES string of the molecule is O=C(Nc1ccc(F)cc1F)N[C@@H](Cc1ccccc1)C(=O)NC1CC1. The molecule has 3 amide bonds. The van der Waals surface area contributed by atoms with Gasteiger partial charge in [0.05, 0.1) is 5.69 Å². The van der Waals surface area contributed by atoms with Crippen molar-refractivity contribution in [2.24, 2.45) is 0 Å². The summed E-state index contributed by atoms with van der Waals surface area (Å²) < 4.78 is 26.6. The van der Waals surface area contributed by atoms with Crippen molar-refractivity contribution in [1.82, 2.24) is 10.6 Å². The minimum Gasteiger partial charge on any atom is -0.352 e. The zero-order valence-corrected chi connectivity index (χ0v) is 14.0. The van der Waals surface area contributed by atoms with E-state index in [1.807, 2.05) is 30.3 Å². The fourth-order valence-electron chi connectivity index (χ4n) is 2.50. The Morgan fingerprint density at radius 3 is 2.46 bits per heavy atom. The highest BCUT2D eigenvalue weighted by Crippen LogP contribution is 2.19. The second kappa shape index (κ2) is 7.95. The number of amides is 3. The second-order valence-electron chi connectivity index (χ2n) is 6.25. The molecule has 1 saturated carbocycles. The molecule has 1 fully saturated rings. The quantitative estimate of drug-likeness (QED) is 0.742. The third-order valence-electron chi connectivity index (χ3n) is 4.01. The number of anilines is 1. The standard InChI is InChI=1S/C19H19F2N3O2/c20-13-6-9-16(15(21)11-13)23-19(26)24-17(18(25)22-14-7-8-14)10-12-4-2-1-3-5-12/h1-6,9,11,14,17H,7-8,10H2,(H,22,25)(H2,23,24,26)/t17-/m0/s1. The summed E-state index contributed by atoms with van der Waals surface area (Å²) in [6, 6.07) is 10.7. The highest BCUT2D eigenvalue weighted by molar-refractivity contribution is 5.94. The Morgan fingerprint density at radius 2 is 1.81 bits per heavy atom. The molecule has 0 radical (unpaired) electrons. The average Bonchev–Trinajstić information content (AvgIpc) is 3.42. The van der Waals surface area contributed by atoms with Crippen LogP contribution in [0.15, 0.2) is 48.5 Å². The van der Waals surface area contributed by atoms with Gasteiger partial charge in [-0.15, -0.1) is 0 Å². The lowest BCUT2D eigenvalue weighted by atomic mass is 10.1. The van der Waals surface area contributed by atoms with Crippen LogP contribution in [-0.4, -0.2) is 24.0 Å². The first kappa shape index (κ1) is 17.8. The van der Waals surface area contributed by atoms with E-state index in [1.54, 1.807) is 0 Å². The molecule has 0 bridgehead atoms. The molecule has 3 N–H and O–H groups in total. The van der Waals surface area contributed by atoms with Crippen molar-refractivity contribution >= 4 is 17.6 Å². The van der Waals surface area contributed by atoms with Gasteiger partial charge in [-0.05, 0) is 30.5 Å².